The van der Waals surface area contributed by atoms with Gasteiger partial charge >= 0.3 is 12.4 Å². The molecule has 0 spiro atoms. The number of benzene rings is 7. The van der Waals surface area contributed by atoms with E-state index in [-0.39, 0.29) is 11.3 Å². The molecule has 0 radical (unpaired) electrons. The molecule has 0 N–H and O–H groups in total. The van der Waals surface area contributed by atoms with E-state index in [9.17, 15) is 31.6 Å². The van der Waals surface area contributed by atoms with Crippen LogP contribution in [-0.2, 0) is 12.4 Å². The number of aryl methyl sites for hydroxylation is 1. The van der Waals surface area contributed by atoms with Crippen LogP contribution >= 0.6 is 0 Å². The van der Waals surface area contributed by atoms with Crippen molar-refractivity contribution < 1.29 is 26.3 Å². The largest absolute Gasteiger partial charge is 0.416 e. The van der Waals surface area contributed by atoms with Crippen LogP contribution < -0.4 is 0 Å². The Hall–Kier alpha value is -7.30. The van der Waals surface area contributed by atoms with Crippen LogP contribution in [0.3, 0.4) is 0 Å². The van der Waals surface area contributed by atoms with Crippen LogP contribution in [0.25, 0.3) is 82.1 Å². The van der Waals surface area contributed by atoms with Gasteiger partial charge in [0.2, 0.25) is 0 Å². The standard InChI is InChI=1S/C47H26F6N4/c1-27-11-18-42-36(21-27)33-7-3-5-9-40(33)56(42)43-19-12-28(26-54)22-37(43)35-16-13-29(32-17-14-31(47(51,52)53)25-39(32)55-2)23-45(35)57-41-10-6-4-8-34(41)38-24-30(46(48,49)50)15-20-44(38)57/h3-25H,1H3. The normalized spacial score (nSPS) is 12.1. The molecule has 0 atom stereocenters. The zero-order valence-electron chi connectivity index (χ0n) is 29.8. The van der Waals surface area contributed by atoms with Gasteiger partial charge in [0.05, 0.1) is 57.2 Å². The van der Waals surface area contributed by atoms with Crippen LogP contribution in [0.1, 0.15) is 22.3 Å². The summed E-state index contributed by atoms with van der Waals surface area (Å²) in [6, 6.07) is 40.6. The number of hydrogen-bond acceptors (Lipinski definition) is 1. The van der Waals surface area contributed by atoms with Gasteiger partial charge in [-0.15, -0.1) is 0 Å². The Morgan fingerprint density at radius 3 is 1.74 bits per heavy atom. The van der Waals surface area contributed by atoms with Gasteiger partial charge in [0.25, 0.3) is 0 Å². The van der Waals surface area contributed by atoms with E-state index in [0.717, 1.165) is 57.3 Å². The Kier molecular flexibility index (Phi) is 8.01. The Bertz CT molecular complexity index is 3200. The fraction of sp³-hybridized carbons (Fsp3) is 0.0638. The van der Waals surface area contributed by atoms with Gasteiger partial charge in [0.15, 0.2) is 5.69 Å². The van der Waals surface area contributed by atoms with Crippen LogP contribution in [0.2, 0.25) is 0 Å². The summed E-state index contributed by atoms with van der Waals surface area (Å²) in [4.78, 5) is 3.46. The highest BCUT2D eigenvalue weighted by molar-refractivity contribution is 6.12. The summed E-state index contributed by atoms with van der Waals surface area (Å²) in [7, 11) is 0. The SMILES string of the molecule is [C-]#[N+]c1cc(C(F)(F)F)ccc1-c1ccc(-c2cc(C#N)ccc2-n2c3ccccc3c3cc(C)ccc32)c(-n2c3ccccc3c3cc(C(F)(F)F)ccc32)c1. The third kappa shape index (κ3) is 5.77. The monoisotopic (exact) mass is 760 g/mol. The Labute approximate surface area is 321 Å². The lowest BCUT2D eigenvalue weighted by molar-refractivity contribution is -0.138. The molecule has 0 aliphatic rings. The van der Waals surface area contributed by atoms with E-state index in [0.29, 0.717) is 49.7 Å². The number of fused-ring (bicyclic) bond motifs is 6. The Balaban J connectivity index is 1.41. The minimum absolute atomic E-state index is 0.215. The average molecular weight is 761 g/mol. The zero-order valence-corrected chi connectivity index (χ0v) is 29.8. The molecule has 9 rings (SSSR count). The number of aromatic nitrogens is 2. The highest BCUT2D eigenvalue weighted by Gasteiger charge is 2.33. The number of nitriles is 1. The summed E-state index contributed by atoms with van der Waals surface area (Å²) in [5.74, 6) is 0. The molecule has 276 valence electrons. The van der Waals surface area contributed by atoms with Crippen LogP contribution in [0.15, 0.2) is 140 Å². The number of para-hydroxylation sites is 2. The molecule has 9 aromatic rings. The lowest BCUT2D eigenvalue weighted by atomic mass is 9.94. The minimum Gasteiger partial charge on any atom is -0.309 e. The molecular formula is C47H26F6N4. The highest BCUT2D eigenvalue weighted by Crippen LogP contribution is 2.45. The van der Waals surface area contributed by atoms with Gasteiger partial charge in [-0.1, -0.05) is 72.3 Å². The van der Waals surface area contributed by atoms with Crippen LogP contribution in [0.5, 0.6) is 0 Å². The van der Waals surface area contributed by atoms with E-state index in [1.165, 1.54) is 12.1 Å². The predicted octanol–water partition coefficient (Wildman–Crippen LogP) is 14.0. The molecule has 0 aliphatic carbocycles. The highest BCUT2D eigenvalue weighted by atomic mass is 19.4. The maximum Gasteiger partial charge on any atom is 0.416 e. The van der Waals surface area contributed by atoms with Crippen molar-refractivity contribution in [3.63, 3.8) is 0 Å². The van der Waals surface area contributed by atoms with Crippen molar-refractivity contribution in [2.75, 3.05) is 0 Å². The average Bonchev–Trinajstić information content (AvgIpc) is 3.71. The molecule has 0 bridgehead atoms. The van der Waals surface area contributed by atoms with Gasteiger partial charge in [-0.05, 0) is 90.8 Å². The lowest BCUT2D eigenvalue weighted by Gasteiger charge is -2.20. The van der Waals surface area contributed by atoms with Gasteiger partial charge in [-0.3, -0.25) is 0 Å². The van der Waals surface area contributed by atoms with Gasteiger partial charge in [0, 0.05) is 38.2 Å². The number of hydrogen-bond donors (Lipinski definition) is 0. The molecule has 57 heavy (non-hydrogen) atoms. The maximum atomic E-state index is 14.1. The molecule has 0 fully saturated rings. The fourth-order valence-electron chi connectivity index (χ4n) is 7.93. The molecule has 0 amide bonds. The summed E-state index contributed by atoms with van der Waals surface area (Å²) in [5, 5.41) is 13.1. The van der Waals surface area contributed by atoms with E-state index in [1.807, 2.05) is 54.0 Å². The van der Waals surface area contributed by atoms with Crippen molar-refractivity contribution in [2.24, 2.45) is 0 Å². The van der Waals surface area contributed by atoms with Crippen molar-refractivity contribution in [2.45, 2.75) is 19.3 Å². The molecule has 0 unspecified atom stereocenters. The molecule has 0 saturated heterocycles. The molecule has 4 nitrogen and oxygen atoms in total. The number of alkyl halides is 6. The molecule has 0 saturated carbocycles. The second kappa shape index (κ2) is 12.9. The van der Waals surface area contributed by atoms with Crippen molar-refractivity contribution in [3.05, 3.63) is 173 Å². The predicted molar refractivity (Wildman–Crippen MR) is 212 cm³/mol. The van der Waals surface area contributed by atoms with Crippen LogP contribution in [0, 0.1) is 24.8 Å². The van der Waals surface area contributed by atoms with E-state index in [1.54, 1.807) is 54.6 Å². The van der Waals surface area contributed by atoms with E-state index in [2.05, 4.69) is 21.5 Å². The van der Waals surface area contributed by atoms with Gasteiger partial charge in [-0.2, -0.15) is 31.6 Å². The minimum atomic E-state index is -4.67. The second-order valence-electron chi connectivity index (χ2n) is 13.9. The lowest BCUT2D eigenvalue weighted by Crippen LogP contribution is -2.05. The molecular weight excluding hydrogens is 735 g/mol. The smallest absolute Gasteiger partial charge is 0.309 e. The van der Waals surface area contributed by atoms with Crippen molar-refractivity contribution in [1.29, 1.82) is 5.26 Å². The first kappa shape index (κ1) is 35.4. The Morgan fingerprint density at radius 1 is 0.526 bits per heavy atom. The molecule has 10 heteroatoms. The third-order valence-corrected chi connectivity index (χ3v) is 10.5. The van der Waals surface area contributed by atoms with Crippen LogP contribution in [0.4, 0.5) is 32.0 Å². The number of nitrogens with zero attached hydrogens (tertiary/aromatic N) is 4. The van der Waals surface area contributed by atoms with E-state index >= 15 is 0 Å². The first-order chi connectivity index (χ1) is 27.4. The Morgan fingerprint density at radius 2 is 1.09 bits per heavy atom. The first-order valence-corrected chi connectivity index (χ1v) is 17.7. The molecule has 7 aromatic carbocycles. The summed E-state index contributed by atoms with van der Waals surface area (Å²) < 4.78 is 87.6. The second-order valence-corrected chi connectivity index (χ2v) is 13.9. The zero-order chi connectivity index (χ0) is 39.8. The third-order valence-electron chi connectivity index (χ3n) is 10.5. The van der Waals surface area contributed by atoms with Crippen molar-refractivity contribution in [3.8, 4) is 39.7 Å². The van der Waals surface area contributed by atoms with Crippen molar-refractivity contribution >= 4 is 49.3 Å². The number of rotatable bonds is 4. The van der Waals surface area contributed by atoms with Crippen LogP contribution in [-0.4, -0.2) is 9.13 Å². The number of halogens is 6. The quantitative estimate of drug-likeness (QED) is 0.130. The molecule has 0 aliphatic heterocycles. The van der Waals surface area contributed by atoms with E-state index in [4.69, 9.17) is 6.57 Å². The summed E-state index contributed by atoms with van der Waals surface area (Å²) >= 11 is 0. The van der Waals surface area contributed by atoms with Crippen molar-refractivity contribution in [1.82, 2.24) is 9.13 Å². The van der Waals surface area contributed by atoms with E-state index < -0.39 is 23.5 Å². The van der Waals surface area contributed by atoms with Gasteiger partial charge in [-0.25, -0.2) is 4.85 Å². The summed E-state index contributed by atoms with van der Waals surface area (Å²) in [5.41, 5.74) is 5.34. The topological polar surface area (TPSA) is 38.0 Å². The first-order valence-electron chi connectivity index (χ1n) is 17.7. The molecule has 2 aromatic heterocycles. The maximum absolute atomic E-state index is 14.1. The molecule has 2 heterocycles. The van der Waals surface area contributed by atoms with Gasteiger partial charge in [0.1, 0.15) is 0 Å². The fourth-order valence-corrected chi connectivity index (χ4v) is 7.93. The van der Waals surface area contributed by atoms with Gasteiger partial charge < -0.3 is 9.13 Å². The summed E-state index contributed by atoms with van der Waals surface area (Å²) in [6.07, 6.45) is -9.27. The summed E-state index contributed by atoms with van der Waals surface area (Å²) in [6.45, 7) is 9.84.